The second-order valence-electron chi connectivity index (χ2n) is 9.40. The first kappa shape index (κ1) is 24.2. The third-order valence-corrected chi connectivity index (χ3v) is 7.22. The number of halogens is 1. The molecule has 2 amide bonds. The number of benzene rings is 2. The number of ether oxygens (including phenoxy) is 1. The van der Waals surface area contributed by atoms with Crippen LogP contribution in [0.15, 0.2) is 48.5 Å². The SMILES string of the molecule is O=C(Cc1ccccc1F)N1CCCCC2(CO)CCN(CC2)C(=O)c2ccccc2OCC1. The number of nitrogens with zero attached hydrogens (tertiary/aromatic N) is 2. The van der Waals surface area contributed by atoms with Gasteiger partial charge in [0.05, 0.1) is 18.5 Å². The third-order valence-electron chi connectivity index (χ3n) is 7.22. The van der Waals surface area contributed by atoms with Gasteiger partial charge in [-0.15, -0.1) is 0 Å². The highest BCUT2D eigenvalue weighted by atomic mass is 19.1. The molecule has 182 valence electrons. The fourth-order valence-corrected chi connectivity index (χ4v) is 4.96. The largest absolute Gasteiger partial charge is 0.491 e. The lowest BCUT2D eigenvalue weighted by Crippen LogP contribution is -2.44. The van der Waals surface area contributed by atoms with Crippen molar-refractivity contribution in [2.75, 3.05) is 39.4 Å². The second kappa shape index (κ2) is 11.0. The summed E-state index contributed by atoms with van der Waals surface area (Å²) in [6.07, 6.45) is 4.04. The van der Waals surface area contributed by atoms with Gasteiger partial charge in [-0.3, -0.25) is 9.59 Å². The summed E-state index contributed by atoms with van der Waals surface area (Å²) >= 11 is 0. The maximum Gasteiger partial charge on any atom is 0.257 e. The fourth-order valence-electron chi connectivity index (χ4n) is 4.96. The van der Waals surface area contributed by atoms with Gasteiger partial charge in [-0.2, -0.15) is 0 Å². The fraction of sp³-hybridized carbons (Fsp3) is 0.481. The van der Waals surface area contributed by atoms with Crippen LogP contribution >= 0.6 is 0 Å². The van der Waals surface area contributed by atoms with E-state index in [9.17, 15) is 19.1 Å². The van der Waals surface area contributed by atoms with E-state index >= 15 is 0 Å². The van der Waals surface area contributed by atoms with Gasteiger partial charge < -0.3 is 19.6 Å². The summed E-state index contributed by atoms with van der Waals surface area (Å²) in [7, 11) is 0. The number of carbonyl (C=O) groups excluding carboxylic acids is 2. The maximum absolute atomic E-state index is 14.1. The van der Waals surface area contributed by atoms with Crippen LogP contribution in [0.4, 0.5) is 4.39 Å². The Kier molecular flexibility index (Phi) is 7.83. The van der Waals surface area contributed by atoms with Gasteiger partial charge in [0, 0.05) is 26.2 Å². The van der Waals surface area contributed by atoms with E-state index in [0.717, 1.165) is 32.1 Å². The van der Waals surface area contributed by atoms with Crippen molar-refractivity contribution in [2.45, 2.75) is 38.5 Å². The second-order valence-corrected chi connectivity index (χ2v) is 9.40. The summed E-state index contributed by atoms with van der Waals surface area (Å²) in [6, 6.07) is 13.5. The molecule has 0 aliphatic carbocycles. The number of aliphatic hydroxyl groups excluding tert-OH is 1. The minimum atomic E-state index is -0.381. The summed E-state index contributed by atoms with van der Waals surface area (Å²) in [5.74, 6) is -0.0905. The number of hydrogen-bond donors (Lipinski definition) is 1. The van der Waals surface area contributed by atoms with E-state index in [2.05, 4.69) is 0 Å². The molecule has 1 saturated heterocycles. The Labute approximate surface area is 200 Å². The van der Waals surface area contributed by atoms with Crippen LogP contribution < -0.4 is 4.74 Å². The molecule has 1 fully saturated rings. The number of fused-ring (bicyclic) bond motifs is 9. The van der Waals surface area contributed by atoms with Crippen molar-refractivity contribution in [2.24, 2.45) is 5.41 Å². The number of hydrogen-bond acceptors (Lipinski definition) is 4. The van der Waals surface area contributed by atoms with E-state index in [1.165, 1.54) is 6.07 Å². The van der Waals surface area contributed by atoms with Gasteiger partial charge in [-0.05, 0) is 54.9 Å². The number of carbonyl (C=O) groups is 2. The Balaban J connectivity index is 1.53. The predicted octanol–water partition coefficient (Wildman–Crippen LogP) is 3.67. The number of aliphatic hydroxyl groups is 1. The minimum Gasteiger partial charge on any atom is -0.491 e. The summed E-state index contributed by atoms with van der Waals surface area (Å²) in [5, 5.41) is 10.1. The van der Waals surface area contributed by atoms with Crippen LogP contribution in [0.1, 0.15) is 48.0 Å². The van der Waals surface area contributed by atoms with Crippen LogP contribution in [-0.4, -0.2) is 66.1 Å². The Bertz CT molecular complexity index is 1000. The lowest BCUT2D eigenvalue weighted by molar-refractivity contribution is -0.131. The van der Waals surface area contributed by atoms with E-state index in [1.807, 2.05) is 17.0 Å². The minimum absolute atomic E-state index is 0.00269. The molecule has 3 aliphatic rings. The van der Waals surface area contributed by atoms with Crippen molar-refractivity contribution >= 4 is 11.8 Å². The smallest absolute Gasteiger partial charge is 0.257 e. The molecule has 0 aromatic heterocycles. The zero-order valence-electron chi connectivity index (χ0n) is 19.5. The van der Waals surface area contributed by atoms with Crippen molar-refractivity contribution in [1.82, 2.24) is 9.80 Å². The zero-order chi connectivity index (χ0) is 24.0. The van der Waals surface area contributed by atoms with Gasteiger partial charge in [-0.25, -0.2) is 4.39 Å². The molecule has 0 atom stereocenters. The van der Waals surface area contributed by atoms with E-state index < -0.39 is 0 Å². The van der Waals surface area contributed by atoms with Crippen molar-refractivity contribution in [3.05, 3.63) is 65.5 Å². The highest BCUT2D eigenvalue weighted by molar-refractivity contribution is 5.97. The highest BCUT2D eigenvalue weighted by Crippen LogP contribution is 2.37. The Hall–Kier alpha value is -2.93. The van der Waals surface area contributed by atoms with Gasteiger partial charge in [0.2, 0.25) is 5.91 Å². The van der Waals surface area contributed by atoms with Crippen LogP contribution in [0.5, 0.6) is 5.75 Å². The van der Waals surface area contributed by atoms with Crippen LogP contribution in [-0.2, 0) is 11.2 Å². The molecule has 1 N–H and O–H groups in total. The molecule has 0 spiro atoms. The number of rotatable bonds is 3. The molecular weight excluding hydrogens is 435 g/mol. The predicted molar refractivity (Wildman–Crippen MR) is 127 cm³/mol. The first-order valence-corrected chi connectivity index (χ1v) is 12.1. The van der Waals surface area contributed by atoms with Crippen LogP contribution in [0.25, 0.3) is 0 Å². The molecular formula is C27H33FN2O4. The van der Waals surface area contributed by atoms with Crippen LogP contribution in [0.2, 0.25) is 0 Å². The summed E-state index contributed by atoms with van der Waals surface area (Å²) in [6.45, 7) is 2.47. The first-order chi connectivity index (χ1) is 16.5. The van der Waals surface area contributed by atoms with Crippen molar-refractivity contribution in [3.63, 3.8) is 0 Å². The zero-order valence-corrected chi connectivity index (χ0v) is 19.5. The molecule has 7 heteroatoms. The van der Waals surface area contributed by atoms with Gasteiger partial charge in [-0.1, -0.05) is 36.8 Å². The Morgan fingerprint density at radius 2 is 1.71 bits per heavy atom. The number of piperidine rings is 1. The molecule has 2 aromatic rings. The van der Waals surface area contributed by atoms with Gasteiger partial charge in [0.25, 0.3) is 5.91 Å². The van der Waals surface area contributed by atoms with Gasteiger partial charge in [0.1, 0.15) is 18.2 Å². The average Bonchev–Trinajstić information content (AvgIpc) is 2.87. The van der Waals surface area contributed by atoms with Crippen molar-refractivity contribution in [1.29, 1.82) is 0 Å². The first-order valence-electron chi connectivity index (χ1n) is 12.1. The van der Waals surface area contributed by atoms with Crippen LogP contribution in [0, 0.1) is 11.2 Å². The molecule has 2 bridgehead atoms. The molecule has 6 nitrogen and oxygen atoms in total. The maximum atomic E-state index is 14.1. The van der Waals surface area contributed by atoms with Crippen molar-refractivity contribution < 1.29 is 23.8 Å². The molecule has 2 aromatic carbocycles. The lowest BCUT2D eigenvalue weighted by Gasteiger charge is -2.41. The van der Waals surface area contributed by atoms with E-state index in [1.54, 1.807) is 35.2 Å². The van der Waals surface area contributed by atoms with E-state index in [-0.39, 0.29) is 42.7 Å². The average molecular weight is 469 g/mol. The van der Waals surface area contributed by atoms with Gasteiger partial charge >= 0.3 is 0 Å². The standard InChI is InChI=1S/C27H33FN2O4/c28-23-9-3-1-7-21(23)19-25(32)29-14-6-5-11-27(20-31)12-15-30(16-13-27)26(33)22-8-2-4-10-24(22)34-18-17-29/h1-4,7-10,31H,5-6,11-20H2. The lowest BCUT2D eigenvalue weighted by atomic mass is 9.75. The molecule has 0 radical (unpaired) electrons. The molecule has 0 unspecified atom stereocenters. The highest BCUT2D eigenvalue weighted by Gasteiger charge is 2.36. The molecule has 0 saturated carbocycles. The normalized spacial score (nSPS) is 19.1. The van der Waals surface area contributed by atoms with Gasteiger partial charge in [0.15, 0.2) is 0 Å². The summed E-state index contributed by atoms with van der Waals surface area (Å²) < 4.78 is 20.1. The summed E-state index contributed by atoms with van der Waals surface area (Å²) in [4.78, 5) is 29.8. The topological polar surface area (TPSA) is 70.1 Å². The molecule has 3 aliphatic heterocycles. The number of para-hydroxylation sites is 1. The molecule has 5 rings (SSSR count). The van der Waals surface area contributed by atoms with E-state index in [4.69, 9.17) is 4.74 Å². The summed E-state index contributed by atoms with van der Waals surface area (Å²) in [5.41, 5.74) is 0.707. The Morgan fingerprint density at radius 1 is 0.971 bits per heavy atom. The quantitative estimate of drug-likeness (QED) is 0.746. The third kappa shape index (κ3) is 5.58. The van der Waals surface area contributed by atoms with Crippen molar-refractivity contribution in [3.8, 4) is 5.75 Å². The molecule has 3 heterocycles. The molecule has 34 heavy (non-hydrogen) atoms. The van der Waals surface area contributed by atoms with Crippen LogP contribution in [0.3, 0.4) is 0 Å². The number of amides is 2. The Morgan fingerprint density at radius 3 is 2.47 bits per heavy atom. The van der Waals surface area contributed by atoms with E-state index in [0.29, 0.717) is 43.1 Å². The monoisotopic (exact) mass is 468 g/mol.